The molecule has 0 saturated heterocycles. The van der Waals surface area contributed by atoms with Gasteiger partial charge in [-0.05, 0) is 39.0 Å². The van der Waals surface area contributed by atoms with Gasteiger partial charge < -0.3 is 4.74 Å². The number of pyridine rings is 1. The van der Waals surface area contributed by atoms with Crippen molar-refractivity contribution in [2.45, 2.75) is 32.5 Å². The highest BCUT2D eigenvalue weighted by molar-refractivity contribution is 5.64. The first kappa shape index (κ1) is 15.4. The van der Waals surface area contributed by atoms with E-state index >= 15 is 0 Å². The van der Waals surface area contributed by atoms with Crippen LogP contribution in [0.15, 0.2) is 36.4 Å². The maximum absolute atomic E-state index is 13.0. The van der Waals surface area contributed by atoms with Gasteiger partial charge in [0.1, 0.15) is 5.60 Å². The number of nitrogens with zero attached hydrogens (tertiary/aromatic N) is 1. The average molecular weight is 294 g/mol. The Labute approximate surface area is 121 Å². The third kappa shape index (κ3) is 3.97. The number of ether oxygens (including phenoxy) is 1. The van der Waals surface area contributed by atoms with Gasteiger partial charge in [-0.25, -0.2) is 4.98 Å². The second-order valence-corrected chi connectivity index (χ2v) is 5.55. The van der Waals surface area contributed by atoms with Gasteiger partial charge in [0.05, 0.1) is 11.3 Å². The van der Waals surface area contributed by atoms with Crippen molar-refractivity contribution in [1.82, 2.24) is 4.98 Å². The lowest BCUT2D eigenvalue weighted by atomic mass is 10.0. The molecule has 0 fully saturated rings. The molecule has 5 heteroatoms. The zero-order valence-corrected chi connectivity index (χ0v) is 12.0. The summed E-state index contributed by atoms with van der Waals surface area (Å²) in [6.45, 7) is 5.51. The van der Waals surface area contributed by atoms with E-state index in [0.717, 1.165) is 6.07 Å². The minimum atomic E-state index is -4.43. The van der Waals surface area contributed by atoms with Crippen LogP contribution in [0, 0.1) is 6.07 Å². The third-order valence-electron chi connectivity index (χ3n) is 2.58. The Balaban J connectivity index is 2.46. The maximum Gasteiger partial charge on any atom is 0.417 e. The number of aromatic nitrogens is 1. The van der Waals surface area contributed by atoms with Gasteiger partial charge in [0.15, 0.2) is 0 Å². The van der Waals surface area contributed by atoms with Crippen LogP contribution in [0.2, 0.25) is 0 Å². The van der Waals surface area contributed by atoms with Crippen LogP contribution in [0.5, 0.6) is 5.88 Å². The van der Waals surface area contributed by atoms with E-state index in [0.29, 0.717) is 0 Å². The van der Waals surface area contributed by atoms with E-state index in [4.69, 9.17) is 4.74 Å². The molecule has 2 aromatic rings. The second kappa shape index (κ2) is 5.39. The SMILES string of the molecule is CC(C)(C)Oc1c[c]cc(-c2ccccc2C(F)(F)F)n1. The van der Waals surface area contributed by atoms with Gasteiger partial charge in [-0.1, -0.05) is 18.2 Å². The van der Waals surface area contributed by atoms with Crippen molar-refractivity contribution in [3.05, 3.63) is 48.0 Å². The molecule has 1 heterocycles. The molecule has 0 bridgehead atoms. The van der Waals surface area contributed by atoms with Crippen molar-refractivity contribution in [3.63, 3.8) is 0 Å². The zero-order valence-electron chi connectivity index (χ0n) is 12.0. The fourth-order valence-electron chi connectivity index (χ4n) is 1.83. The standard InChI is InChI=1S/C16H15F3NO/c1-15(2,3)21-14-10-6-9-13(20-14)11-7-4-5-8-12(11)16(17,18)19/h4-5,7-10H,1-3H3. The van der Waals surface area contributed by atoms with Crippen molar-refractivity contribution in [2.75, 3.05) is 0 Å². The van der Waals surface area contributed by atoms with E-state index in [-0.39, 0.29) is 17.1 Å². The van der Waals surface area contributed by atoms with Crippen LogP contribution < -0.4 is 4.74 Å². The molecule has 1 aromatic carbocycles. The predicted molar refractivity (Wildman–Crippen MR) is 73.9 cm³/mol. The van der Waals surface area contributed by atoms with E-state index in [9.17, 15) is 13.2 Å². The van der Waals surface area contributed by atoms with E-state index in [1.165, 1.54) is 24.3 Å². The Hall–Kier alpha value is -2.04. The first-order valence-corrected chi connectivity index (χ1v) is 6.40. The molecule has 0 atom stereocenters. The summed E-state index contributed by atoms with van der Waals surface area (Å²) in [6, 6.07) is 11.0. The molecule has 21 heavy (non-hydrogen) atoms. The van der Waals surface area contributed by atoms with Gasteiger partial charge in [-0.3, -0.25) is 0 Å². The van der Waals surface area contributed by atoms with Crippen molar-refractivity contribution in [1.29, 1.82) is 0 Å². The summed E-state index contributed by atoms with van der Waals surface area (Å²) in [5.41, 5.74) is -1.01. The Morgan fingerprint density at radius 3 is 2.33 bits per heavy atom. The van der Waals surface area contributed by atoms with Crippen molar-refractivity contribution in [2.24, 2.45) is 0 Å². The highest BCUT2D eigenvalue weighted by Gasteiger charge is 2.33. The first-order chi connectivity index (χ1) is 9.67. The van der Waals surface area contributed by atoms with Crippen LogP contribution >= 0.6 is 0 Å². The van der Waals surface area contributed by atoms with Gasteiger partial charge in [0.25, 0.3) is 0 Å². The third-order valence-corrected chi connectivity index (χ3v) is 2.58. The van der Waals surface area contributed by atoms with Crippen LogP contribution in [0.1, 0.15) is 26.3 Å². The first-order valence-electron chi connectivity index (χ1n) is 6.40. The summed E-state index contributed by atoms with van der Waals surface area (Å²) in [7, 11) is 0. The number of benzene rings is 1. The highest BCUT2D eigenvalue weighted by atomic mass is 19.4. The lowest BCUT2D eigenvalue weighted by molar-refractivity contribution is -0.137. The topological polar surface area (TPSA) is 22.1 Å². The highest BCUT2D eigenvalue weighted by Crippen LogP contribution is 2.36. The van der Waals surface area contributed by atoms with Crippen molar-refractivity contribution < 1.29 is 17.9 Å². The lowest BCUT2D eigenvalue weighted by Gasteiger charge is -2.20. The number of hydrogen-bond acceptors (Lipinski definition) is 2. The van der Waals surface area contributed by atoms with E-state index in [2.05, 4.69) is 11.1 Å². The molecule has 0 spiro atoms. The Bertz CT molecular complexity index is 630. The van der Waals surface area contributed by atoms with E-state index in [1.807, 2.05) is 20.8 Å². The van der Waals surface area contributed by atoms with Crippen LogP contribution in [0.25, 0.3) is 11.3 Å². The van der Waals surface area contributed by atoms with E-state index < -0.39 is 17.3 Å². The van der Waals surface area contributed by atoms with Crippen molar-refractivity contribution >= 4 is 0 Å². The fourth-order valence-corrected chi connectivity index (χ4v) is 1.83. The summed E-state index contributed by atoms with van der Waals surface area (Å²) in [4.78, 5) is 4.15. The zero-order chi connectivity index (χ0) is 15.7. The molecule has 0 aliphatic carbocycles. The molecule has 1 radical (unpaired) electrons. The summed E-state index contributed by atoms with van der Waals surface area (Å²) >= 11 is 0. The average Bonchev–Trinajstić information content (AvgIpc) is 2.36. The Morgan fingerprint density at radius 2 is 1.71 bits per heavy atom. The summed E-state index contributed by atoms with van der Waals surface area (Å²) in [5.74, 6) is 0.247. The minimum Gasteiger partial charge on any atom is -0.472 e. The van der Waals surface area contributed by atoms with Gasteiger partial charge in [0.2, 0.25) is 5.88 Å². The van der Waals surface area contributed by atoms with Gasteiger partial charge in [-0.15, -0.1) is 0 Å². The summed E-state index contributed by atoms with van der Waals surface area (Å²) in [5, 5.41) is 0. The van der Waals surface area contributed by atoms with Gasteiger partial charge in [0, 0.05) is 11.6 Å². The van der Waals surface area contributed by atoms with Crippen LogP contribution in [-0.2, 0) is 6.18 Å². The Kier molecular flexibility index (Phi) is 3.94. The lowest BCUT2D eigenvalue weighted by Crippen LogP contribution is -2.23. The predicted octanol–water partition coefficient (Wildman–Crippen LogP) is 4.74. The van der Waals surface area contributed by atoms with Crippen LogP contribution in [-0.4, -0.2) is 10.6 Å². The summed E-state index contributed by atoms with van der Waals surface area (Å²) < 4.78 is 44.7. The number of hydrogen-bond donors (Lipinski definition) is 0. The molecule has 0 amide bonds. The molecule has 0 aliphatic rings. The molecule has 1 aromatic heterocycles. The van der Waals surface area contributed by atoms with E-state index in [1.54, 1.807) is 6.07 Å². The number of alkyl halides is 3. The smallest absolute Gasteiger partial charge is 0.417 e. The fraction of sp³-hybridized carbons (Fsp3) is 0.312. The molecule has 2 rings (SSSR count). The molecule has 0 unspecified atom stereocenters. The monoisotopic (exact) mass is 294 g/mol. The molecule has 0 N–H and O–H groups in total. The van der Waals surface area contributed by atoms with Gasteiger partial charge >= 0.3 is 6.18 Å². The quantitative estimate of drug-likeness (QED) is 0.797. The molecule has 111 valence electrons. The van der Waals surface area contributed by atoms with Crippen molar-refractivity contribution in [3.8, 4) is 17.1 Å². The number of halogens is 3. The number of rotatable bonds is 2. The summed E-state index contributed by atoms with van der Waals surface area (Å²) in [6.07, 6.45) is -4.43. The van der Waals surface area contributed by atoms with Gasteiger partial charge in [-0.2, -0.15) is 13.2 Å². The molecule has 0 aliphatic heterocycles. The minimum absolute atomic E-state index is 0.0145. The molecular weight excluding hydrogens is 279 g/mol. The second-order valence-electron chi connectivity index (χ2n) is 5.55. The largest absolute Gasteiger partial charge is 0.472 e. The normalized spacial score (nSPS) is 12.3. The Morgan fingerprint density at radius 1 is 1.05 bits per heavy atom. The molecule has 0 saturated carbocycles. The van der Waals surface area contributed by atoms with Crippen LogP contribution in [0.4, 0.5) is 13.2 Å². The molecular formula is C16H15F3NO. The maximum atomic E-state index is 13.0. The van der Waals surface area contributed by atoms with Crippen LogP contribution in [0.3, 0.4) is 0 Å². The molecule has 2 nitrogen and oxygen atoms in total.